The SMILES string of the molecule is O=S(=O)(OCPCl)c1ccccc1C(F)(F)F. The summed E-state index contributed by atoms with van der Waals surface area (Å²) in [7, 11) is -4.78. The number of alkyl halides is 3. The van der Waals surface area contributed by atoms with Gasteiger partial charge < -0.3 is 0 Å². The molecule has 96 valence electrons. The molecular weight excluding hydrogens is 300 g/mol. The maximum Gasteiger partial charge on any atom is 0.417 e. The van der Waals surface area contributed by atoms with Crippen molar-refractivity contribution >= 4 is 29.3 Å². The van der Waals surface area contributed by atoms with Gasteiger partial charge in [-0.25, -0.2) is 0 Å². The minimum Gasteiger partial charge on any atom is -0.261 e. The van der Waals surface area contributed by atoms with Crippen molar-refractivity contribution < 1.29 is 25.8 Å². The van der Waals surface area contributed by atoms with Crippen molar-refractivity contribution in [3.8, 4) is 0 Å². The first kappa shape index (κ1) is 14.7. The highest BCUT2D eigenvalue weighted by atomic mass is 35.7. The van der Waals surface area contributed by atoms with E-state index in [1.807, 2.05) is 0 Å². The summed E-state index contributed by atoms with van der Waals surface area (Å²) in [6.07, 6.45) is -5.10. The molecule has 0 bridgehead atoms. The van der Waals surface area contributed by atoms with Gasteiger partial charge in [0.25, 0.3) is 10.1 Å². The van der Waals surface area contributed by atoms with Gasteiger partial charge in [-0.05, 0) is 12.1 Å². The first-order chi connectivity index (χ1) is 7.79. The highest BCUT2D eigenvalue weighted by molar-refractivity contribution is 7.87. The predicted octanol–water partition coefficient (Wildman–Crippen LogP) is 3.20. The third kappa shape index (κ3) is 3.81. The fourth-order valence-corrected chi connectivity index (χ4v) is 3.11. The Bertz CT molecular complexity index is 489. The third-order valence-corrected chi connectivity index (χ3v) is 3.84. The maximum absolute atomic E-state index is 12.6. The monoisotopic (exact) mass is 306 g/mol. The Morgan fingerprint density at radius 3 is 2.41 bits per heavy atom. The third-order valence-electron chi connectivity index (χ3n) is 1.73. The topological polar surface area (TPSA) is 43.4 Å². The first-order valence-electron chi connectivity index (χ1n) is 4.18. The van der Waals surface area contributed by atoms with Gasteiger partial charge in [-0.3, -0.25) is 4.18 Å². The molecule has 9 heteroatoms. The summed E-state index contributed by atoms with van der Waals surface area (Å²) in [5, 5.41) is 0. The van der Waals surface area contributed by atoms with Gasteiger partial charge in [-0.15, -0.1) is 0 Å². The highest BCUT2D eigenvalue weighted by Crippen LogP contribution is 2.35. The molecule has 1 unspecified atom stereocenters. The molecule has 0 aliphatic heterocycles. The van der Waals surface area contributed by atoms with Gasteiger partial charge in [-0.1, -0.05) is 23.4 Å². The van der Waals surface area contributed by atoms with Crippen molar-refractivity contribution in [2.24, 2.45) is 0 Å². The van der Waals surface area contributed by atoms with Crippen LogP contribution in [0.1, 0.15) is 5.56 Å². The molecule has 1 aromatic carbocycles. The Labute approximate surface area is 103 Å². The van der Waals surface area contributed by atoms with E-state index in [0.717, 1.165) is 12.1 Å². The Morgan fingerprint density at radius 2 is 1.88 bits per heavy atom. The zero-order chi connectivity index (χ0) is 13.1. The van der Waals surface area contributed by atoms with Crippen molar-refractivity contribution in [3.05, 3.63) is 29.8 Å². The second-order valence-corrected chi connectivity index (χ2v) is 5.79. The van der Waals surface area contributed by atoms with Crippen molar-refractivity contribution in [2.75, 3.05) is 6.35 Å². The molecule has 0 aliphatic carbocycles. The fraction of sp³-hybridized carbons (Fsp3) is 0.250. The van der Waals surface area contributed by atoms with Gasteiger partial charge in [0.2, 0.25) is 0 Å². The Kier molecular flexibility index (Phi) is 4.77. The number of rotatable bonds is 4. The standard InChI is InChI=1S/C8H7ClF3O3PS/c9-16-5-15-17(13,14)7-4-2-1-3-6(7)8(10,11)12/h1-4,16H,5H2. The molecule has 0 N–H and O–H groups in total. The molecule has 17 heavy (non-hydrogen) atoms. The van der Waals surface area contributed by atoms with Crippen LogP contribution < -0.4 is 0 Å². The molecule has 0 aliphatic rings. The minimum atomic E-state index is -4.75. The number of benzene rings is 1. The van der Waals surface area contributed by atoms with Gasteiger partial charge in [0, 0.05) is 7.93 Å². The lowest BCUT2D eigenvalue weighted by Crippen LogP contribution is -2.14. The number of hydrogen-bond donors (Lipinski definition) is 0. The van der Waals surface area contributed by atoms with Crippen LogP contribution in [0.15, 0.2) is 29.2 Å². The van der Waals surface area contributed by atoms with Gasteiger partial charge >= 0.3 is 6.18 Å². The molecule has 0 fully saturated rings. The summed E-state index contributed by atoms with van der Waals surface area (Å²) >= 11 is 5.24. The van der Waals surface area contributed by atoms with Crippen molar-refractivity contribution in [1.82, 2.24) is 0 Å². The van der Waals surface area contributed by atoms with Crippen LogP contribution in [0.2, 0.25) is 0 Å². The summed E-state index contributed by atoms with van der Waals surface area (Å²) in [5.41, 5.74) is -1.25. The second-order valence-electron chi connectivity index (χ2n) is 2.84. The smallest absolute Gasteiger partial charge is 0.261 e. The van der Waals surface area contributed by atoms with Crippen LogP contribution in [-0.2, 0) is 20.5 Å². The minimum absolute atomic E-state index is 0.351. The largest absolute Gasteiger partial charge is 0.417 e. The lowest BCUT2D eigenvalue weighted by molar-refractivity contribution is -0.140. The second kappa shape index (κ2) is 5.52. The lowest BCUT2D eigenvalue weighted by Gasteiger charge is -2.12. The summed E-state index contributed by atoms with van der Waals surface area (Å²) in [6.45, 7) is 0. The van der Waals surface area contributed by atoms with Gasteiger partial charge in [0.05, 0.1) is 11.9 Å². The van der Waals surface area contributed by atoms with Crippen LogP contribution in [0, 0.1) is 0 Å². The van der Waals surface area contributed by atoms with Crippen LogP contribution in [0.3, 0.4) is 0 Å². The average molecular weight is 307 g/mol. The quantitative estimate of drug-likeness (QED) is 0.634. The zero-order valence-corrected chi connectivity index (χ0v) is 10.7. The van der Waals surface area contributed by atoms with Crippen molar-refractivity contribution in [1.29, 1.82) is 0 Å². The summed E-state index contributed by atoms with van der Waals surface area (Å²) in [4.78, 5) is -0.901. The van der Waals surface area contributed by atoms with Gasteiger partial charge in [-0.2, -0.15) is 21.6 Å². The molecule has 0 aromatic heterocycles. The van der Waals surface area contributed by atoms with Crippen molar-refractivity contribution in [3.63, 3.8) is 0 Å². The summed E-state index contributed by atoms with van der Waals surface area (Å²) in [5.74, 6) is 0. The molecular formula is C8H7ClF3O3PS. The Hall–Kier alpha value is -0.360. The Balaban J connectivity index is 3.23. The van der Waals surface area contributed by atoms with E-state index in [0.29, 0.717) is 6.07 Å². The van der Waals surface area contributed by atoms with E-state index in [4.69, 9.17) is 11.2 Å². The van der Waals surface area contributed by atoms with Crippen molar-refractivity contribution in [2.45, 2.75) is 11.1 Å². The van der Waals surface area contributed by atoms with E-state index in [9.17, 15) is 21.6 Å². The Morgan fingerprint density at radius 1 is 1.29 bits per heavy atom. The van der Waals surface area contributed by atoms with E-state index in [1.165, 1.54) is 6.07 Å². The normalized spacial score (nSPS) is 13.4. The van der Waals surface area contributed by atoms with Crippen LogP contribution >= 0.6 is 19.2 Å². The van der Waals surface area contributed by atoms with E-state index in [-0.39, 0.29) is 14.3 Å². The van der Waals surface area contributed by atoms with E-state index in [1.54, 1.807) is 0 Å². The number of hydrogen-bond acceptors (Lipinski definition) is 3. The van der Waals surface area contributed by atoms with Crippen LogP contribution in [-0.4, -0.2) is 14.8 Å². The lowest BCUT2D eigenvalue weighted by atomic mass is 10.2. The van der Waals surface area contributed by atoms with Crippen LogP contribution in [0.4, 0.5) is 13.2 Å². The molecule has 0 saturated carbocycles. The molecule has 0 spiro atoms. The summed E-state index contributed by atoms with van der Waals surface area (Å²) in [6, 6.07) is 3.81. The molecule has 1 rings (SSSR count). The molecule has 1 atom stereocenters. The van der Waals surface area contributed by atoms with Gasteiger partial charge in [0.1, 0.15) is 4.90 Å². The summed E-state index contributed by atoms with van der Waals surface area (Å²) < 4.78 is 65.0. The van der Waals surface area contributed by atoms with Crippen LogP contribution in [0.5, 0.6) is 0 Å². The van der Waals surface area contributed by atoms with Gasteiger partial charge in [0.15, 0.2) is 0 Å². The molecule has 0 saturated heterocycles. The van der Waals surface area contributed by atoms with E-state index < -0.39 is 26.8 Å². The predicted molar refractivity (Wildman–Crippen MR) is 58.7 cm³/mol. The molecule has 0 heterocycles. The van der Waals surface area contributed by atoms with Crippen LogP contribution in [0.25, 0.3) is 0 Å². The van der Waals surface area contributed by atoms with E-state index >= 15 is 0 Å². The first-order valence-corrected chi connectivity index (χ1v) is 7.81. The maximum atomic E-state index is 12.6. The fourth-order valence-electron chi connectivity index (χ4n) is 1.08. The molecule has 0 amide bonds. The molecule has 3 nitrogen and oxygen atoms in total. The molecule has 0 radical (unpaired) electrons. The highest BCUT2D eigenvalue weighted by Gasteiger charge is 2.37. The zero-order valence-electron chi connectivity index (χ0n) is 8.16. The van der Waals surface area contributed by atoms with E-state index in [2.05, 4.69) is 4.18 Å². The average Bonchev–Trinajstić information content (AvgIpc) is 2.25. The molecule has 1 aromatic rings. The number of halogens is 4.